The Morgan fingerprint density at radius 2 is 2.15 bits per heavy atom. The summed E-state index contributed by atoms with van der Waals surface area (Å²) in [6, 6.07) is 8.08. The van der Waals surface area contributed by atoms with Crippen molar-refractivity contribution >= 4 is 5.91 Å². The first-order chi connectivity index (χ1) is 9.60. The number of nitrogens with zero attached hydrogens (tertiary/aromatic N) is 1. The van der Waals surface area contributed by atoms with E-state index >= 15 is 0 Å². The Bertz CT molecular complexity index is 628. The summed E-state index contributed by atoms with van der Waals surface area (Å²) in [6.07, 6.45) is 1.57. The molecule has 0 saturated heterocycles. The first-order valence-corrected chi connectivity index (χ1v) is 6.28. The number of halogens is 1. The van der Waals surface area contributed by atoms with Gasteiger partial charge in [0, 0.05) is 36.1 Å². The second-order valence-electron chi connectivity index (χ2n) is 4.50. The summed E-state index contributed by atoms with van der Waals surface area (Å²) in [5, 5.41) is 2.68. The molecule has 2 rings (SSSR count). The summed E-state index contributed by atoms with van der Waals surface area (Å²) < 4.78 is 13.7. The summed E-state index contributed by atoms with van der Waals surface area (Å²) in [5.41, 5.74) is 7.87. The monoisotopic (exact) mass is 273 g/mol. The molecule has 0 radical (unpaired) electrons. The van der Waals surface area contributed by atoms with Gasteiger partial charge in [-0.1, -0.05) is 12.1 Å². The Hall–Kier alpha value is -2.27. The third kappa shape index (κ3) is 3.39. The Morgan fingerprint density at radius 3 is 2.80 bits per heavy atom. The standard InChI is InChI=1S/C15H16FN3O/c1-10-6-12(4-5-18-10)15(20)19-9-13-3-2-11(8-17)7-14(13)16/h2-7H,8-9,17H2,1H3,(H,19,20). The average molecular weight is 273 g/mol. The predicted octanol–water partition coefficient (Wildman–Crippen LogP) is 1.92. The van der Waals surface area contributed by atoms with Gasteiger partial charge in [0.05, 0.1) is 0 Å². The molecule has 0 bridgehead atoms. The fourth-order valence-corrected chi connectivity index (χ4v) is 1.83. The molecule has 0 saturated carbocycles. The molecule has 0 fully saturated rings. The molecular weight excluding hydrogens is 257 g/mol. The van der Waals surface area contributed by atoms with E-state index in [0.29, 0.717) is 17.7 Å². The first kappa shape index (κ1) is 14.1. The number of aromatic nitrogens is 1. The zero-order valence-electron chi connectivity index (χ0n) is 11.2. The number of pyridine rings is 1. The minimum atomic E-state index is -0.362. The van der Waals surface area contributed by atoms with E-state index in [9.17, 15) is 9.18 Å². The average Bonchev–Trinajstić information content (AvgIpc) is 2.45. The highest BCUT2D eigenvalue weighted by molar-refractivity contribution is 5.94. The SMILES string of the molecule is Cc1cc(C(=O)NCc2ccc(CN)cc2F)ccn1. The van der Waals surface area contributed by atoms with Gasteiger partial charge in [-0.2, -0.15) is 0 Å². The summed E-state index contributed by atoms with van der Waals surface area (Å²) in [5.74, 6) is -0.614. The van der Waals surface area contributed by atoms with Gasteiger partial charge in [-0.3, -0.25) is 9.78 Å². The van der Waals surface area contributed by atoms with E-state index in [1.165, 1.54) is 6.07 Å². The van der Waals surface area contributed by atoms with Crippen molar-refractivity contribution in [2.24, 2.45) is 5.73 Å². The molecule has 20 heavy (non-hydrogen) atoms. The summed E-state index contributed by atoms with van der Waals surface area (Å²) >= 11 is 0. The smallest absolute Gasteiger partial charge is 0.251 e. The lowest BCUT2D eigenvalue weighted by Gasteiger charge is -2.08. The number of carbonyl (C=O) groups excluding carboxylic acids is 1. The van der Waals surface area contributed by atoms with E-state index < -0.39 is 0 Å². The van der Waals surface area contributed by atoms with Crippen LogP contribution in [0.25, 0.3) is 0 Å². The topological polar surface area (TPSA) is 68.0 Å². The molecule has 0 aliphatic carbocycles. The number of rotatable bonds is 4. The van der Waals surface area contributed by atoms with Crippen LogP contribution >= 0.6 is 0 Å². The molecule has 3 N–H and O–H groups in total. The van der Waals surface area contributed by atoms with E-state index in [4.69, 9.17) is 5.73 Å². The molecule has 0 aliphatic rings. The van der Waals surface area contributed by atoms with Crippen molar-refractivity contribution < 1.29 is 9.18 Å². The van der Waals surface area contributed by atoms with Crippen LogP contribution in [0, 0.1) is 12.7 Å². The van der Waals surface area contributed by atoms with Crippen LogP contribution in [0.15, 0.2) is 36.5 Å². The molecule has 0 unspecified atom stereocenters. The van der Waals surface area contributed by atoms with Crippen LogP contribution in [0.3, 0.4) is 0 Å². The van der Waals surface area contributed by atoms with Crippen LogP contribution in [0.5, 0.6) is 0 Å². The van der Waals surface area contributed by atoms with Crippen molar-refractivity contribution in [3.05, 3.63) is 64.7 Å². The van der Waals surface area contributed by atoms with Crippen LogP contribution in [-0.4, -0.2) is 10.9 Å². The maximum absolute atomic E-state index is 13.7. The van der Waals surface area contributed by atoms with E-state index in [2.05, 4.69) is 10.3 Å². The molecule has 2 aromatic rings. The fourth-order valence-electron chi connectivity index (χ4n) is 1.83. The largest absolute Gasteiger partial charge is 0.348 e. The summed E-state index contributed by atoms with van der Waals surface area (Å²) in [4.78, 5) is 15.9. The molecule has 1 aromatic heterocycles. The number of hydrogen-bond acceptors (Lipinski definition) is 3. The molecule has 0 spiro atoms. The highest BCUT2D eigenvalue weighted by Crippen LogP contribution is 2.10. The first-order valence-electron chi connectivity index (χ1n) is 6.28. The molecule has 4 nitrogen and oxygen atoms in total. The van der Waals surface area contributed by atoms with Crippen molar-refractivity contribution in [3.8, 4) is 0 Å². The van der Waals surface area contributed by atoms with E-state index in [1.54, 1.807) is 30.5 Å². The number of carbonyl (C=O) groups is 1. The van der Waals surface area contributed by atoms with Gasteiger partial charge < -0.3 is 11.1 Å². The summed E-state index contributed by atoms with van der Waals surface area (Å²) in [7, 11) is 0. The Labute approximate surface area is 116 Å². The molecule has 1 aromatic carbocycles. The van der Waals surface area contributed by atoms with E-state index in [0.717, 1.165) is 11.3 Å². The van der Waals surface area contributed by atoms with Gasteiger partial charge in [0.1, 0.15) is 5.82 Å². The van der Waals surface area contributed by atoms with E-state index in [-0.39, 0.29) is 18.3 Å². The van der Waals surface area contributed by atoms with Crippen molar-refractivity contribution in [2.45, 2.75) is 20.0 Å². The number of benzene rings is 1. The number of nitrogens with two attached hydrogens (primary N) is 1. The molecular formula is C15H16FN3O. The molecule has 5 heteroatoms. The Balaban J connectivity index is 2.03. The molecule has 0 atom stereocenters. The van der Waals surface area contributed by atoms with Crippen molar-refractivity contribution in [1.82, 2.24) is 10.3 Å². The number of amides is 1. The quantitative estimate of drug-likeness (QED) is 0.894. The van der Waals surface area contributed by atoms with Gasteiger partial charge in [0.25, 0.3) is 5.91 Å². The Morgan fingerprint density at radius 1 is 1.35 bits per heavy atom. The lowest BCUT2D eigenvalue weighted by molar-refractivity contribution is 0.0950. The Kier molecular flexibility index (Phi) is 4.42. The zero-order chi connectivity index (χ0) is 14.5. The maximum Gasteiger partial charge on any atom is 0.251 e. The third-order valence-corrected chi connectivity index (χ3v) is 2.95. The normalized spacial score (nSPS) is 10.3. The highest BCUT2D eigenvalue weighted by Gasteiger charge is 2.08. The zero-order valence-corrected chi connectivity index (χ0v) is 11.2. The number of aryl methyl sites for hydroxylation is 1. The van der Waals surface area contributed by atoms with Gasteiger partial charge in [0.2, 0.25) is 0 Å². The molecule has 1 amide bonds. The van der Waals surface area contributed by atoms with Gasteiger partial charge >= 0.3 is 0 Å². The lowest BCUT2D eigenvalue weighted by Crippen LogP contribution is -2.23. The fraction of sp³-hybridized carbons (Fsp3) is 0.200. The molecule has 104 valence electrons. The van der Waals surface area contributed by atoms with Gasteiger partial charge in [-0.15, -0.1) is 0 Å². The van der Waals surface area contributed by atoms with Gasteiger partial charge in [-0.05, 0) is 30.7 Å². The van der Waals surface area contributed by atoms with Crippen LogP contribution in [-0.2, 0) is 13.1 Å². The number of hydrogen-bond donors (Lipinski definition) is 2. The summed E-state index contributed by atoms with van der Waals surface area (Å²) in [6.45, 7) is 2.23. The second kappa shape index (κ2) is 6.25. The molecule has 0 aliphatic heterocycles. The van der Waals surface area contributed by atoms with Gasteiger partial charge in [0.15, 0.2) is 0 Å². The van der Waals surface area contributed by atoms with Crippen LogP contribution in [0.4, 0.5) is 4.39 Å². The van der Waals surface area contributed by atoms with Gasteiger partial charge in [-0.25, -0.2) is 4.39 Å². The third-order valence-electron chi connectivity index (χ3n) is 2.95. The minimum Gasteiger partial charge on any atom is -0.348 e. The maximum atomic E-state index is 13.7. The van der Waals surface area contributed by atoms with Crippen LogP contribution in [0.2, 0.25) is 0 Å². The van der Waals surface area contributed by atoms with Crippen molar-refractivity contribution in [2.75, 3.05) is 0 Å². The molecule has 1 heterocycles. The van der Waals surface area contributed by atoms with Crippen molar-refractivity contribution in [1.29, 1.82) is 0 Å². The second-order valence-corrected chi connectivity index (χ2v) is 4.50. The lowest BCUT2D eigenvalue weighted by atomic mass is 10.1. The van der Waals surface area contributed by atoms with E-state index in [1.807, 2.05) is 6.92 Å². The predicted molar refractivity (Wildman–Crippen MR) is 74.4 cm³/mol. The van der Waals surface area contributed by atoms with Crippen molar-refractivity contribution in [3.63, 3.8) is 0 Å². The minimum absolute atomic E-state index is 0.136. The number of nitrogens with one attached hydrogen (secondary N) is 1. The highest BCUT2D eigenvalue weighted by atomic mass is 19.1. The van der Waals surface area contributed by atoms with Crippen LogP contribution in [0.1, 0.15) is 27.2 Å². The van der Waals surface area contributed by atoms with Crippen LogP contribution < -0.4 is 11.1 Å².